The minimum atomic E-state index is 0.209. The summed E-state index contributed by atoms with van der Waals surface area (Å²) in [5.41, 5.74) is 8.78. The quantitative estimate of drug-likeness (QED) is 0.873. The molecule has 2 atom stereocenters. The molecule has 1 heterocycles. The topological polar surface area (TPSA) is 44.5 Å². The third-order valence-corrected chi connectivity index (χ3v) is 3.90. The van der Waals surface area contributed by atoms with E-state index in [0.717, 1.165) is 44.6 Å². The molecule has 0 radical (unpaired) electrons. The van der Waals surface area contributed by atoms with E-state index in [1.807, 2.05) is 0 Å². The maximum absolute atomic E-state index is 6.12. The Bertz CT molecular complexity index is 413. The standard InChI is InChI=1S/C15H21NO2/c16-15-5-1-3-11-9-12(6-7-14(11)15)18-13-4-2-8-17-10-13/h6-7,9,13,15H,1-5,8,10,16H2. The monoisotopic (exact) mass is 247 g/mol. The van der Waals surface area contributed by atoms with Gasteiger partial charge in [0.1, 0.15) is 11.9 Å². The summed E-state index contributed by atoms with van der Waals surface area (Å²) >= 11 is 0. The number of ether oxygens (including phenoxy) is 2. The minimum absolute atomic E-state index is 0.209. The lowest BCUT2D eigenvalue weighted by molar-refractivity contribution is 0.00738. The number of aryl methyl sites for hydroxylation is 1. The van der Waals surface area contributed by atoms with Crippen molar-refractivity contribution in [3.63, 3.8) is 0 Å². The Hall–Kier alpha value is -1.06. The molecule has 1 aromatic rings. The van der Waals surface area contributed by atoms with Crippen LogP contribution in [-0.4, -0.2) is 19.3 Å². The first kappa shape index (κ1) is 12.0. The van der Waals surface area contributed by atoms with E-state index in [1.165, 1.54) is 17.5 Å². The fourth-order valence-corrected chi connectivity index (χ4v) is 2.90. The highest BCUT2D eigenvalue weighted by molar-refractivity contribution is 5.39. The van der Waals surface area contributed by atoms with Gasteiger partial charge in [0.15, 0.2) is 0 Å². The number of rotatable bonds is 2. The number of fused-ring (bicyclic) bond motifs is 1. The Labute approximate surface area is 108 Å². The summed E-state index contributed by atoms with van der Waals surface area (Å²) in [5, 5.41) is 0. The fraction of sp³-hybridized carbons (Fsp3) is 0.600. The van der Waals surface area contributed by atoms with Gasteiger partial charge >= 0.3 is 0 Å². The maximum atomic E-state index is 6.12. The van der Waals surface area contributed by atoms with Crippen LogP contribution in [0.25, 0.3) is 0 Å². The van der Waals surface area contributed by atoms with Crippen molar-refractivity contribution in [2.75, 3.05) is 13.2 Å². The Morgan fingerprint density at radius 1 is 1.22 bits per heavy atom. The van der Waals surface area contributed by atoms with Gasteiger partial charge in [0.25, 0.3) is 0 Å². The zero-order valence-electron chi connectivity index (χ0n) is 10.7. The Kier molecular flexibility index (Phi) is 3.52. The van der Waals surface area contributed by atoms with Gasteiger partial charge in [-0.2, -0.15) is 0 Å². The summed E-state index contributed by atoms with van der Waals surface area (Å²) in [7, 11) is 0. The average Bonchev–Trinajstić information content (AvgIpc) is 2.40. The van der Waals surface area contributed by atoms with E-state index in [-0.39, 0.29) is 12.1 Å². The fourth-order valence-electron chi connectivity index (χ4n) is 2.90. The SMILES string of the molecule is NC1CCCc2cc(OC3CCCOC3)ccc21. The zero-order chi connectivity index (χ0) is 12.4. The zero-order valence-corrected chi connectivity index (χ0v) is 10.7. The van der Waals surface area contributed by atoms with Crippen LogP contribution in [0.1, 0.15) is 42.9 Å². The van der Waals surface area contributed by atoms with Crippen molar-refractivity contribution >= 4 is 0 Å². The number of hydrogen-bond donors (Lipinski definition) is 1. The van der Waals surface area contributed by atoms with Gasteiger partial charge in [-0.3, -0.25) is 0 Å². The van der Waals surface area contributed by atoms with Gasteiger partial charge in [-0.15, -0.1) is 0 Å². The van der Waals surface area contributed by atoms with Gasteiger partial charge in [-0.05, 0) is 55.4 Å². The molecule has 1 saturated heterocycles. The molecule has 2 N–H and O–H groups in total. The molecule has 1 aliphatic heterocycles. The second-order valence-electron chi connectivity index (χ2n) is 5.32. The molecule has 0 bridgehead atoms. The van der Waals surface area contributed by atoms with Gasteiger partial charge in [0, 0.05) is 12.6 Å². The molecule has 0 aromatic heterocycles. The van der Waals surface area contributed by atoms with Crippen LogP contribution in [0.15, 0.2) is 18.2 Å². The second kappa shape index (κ2) is 5.29. The van der Waals surface area contributed by atoms with Crippen molar-refractivity contribution in [3.8, 4) is 5.75 Å². The van der Waals surface area contributed by atoms with Crippen LogP contribution in [0.4, 0.5) is 0 Å². The van der Waals surface area contributed by atoms with Gasteiger partial charge in [-0.25, -0.2) is 0 Å². The number of nitrogens with two attached hydrogens (primary N) is 1. The van der Waals surface area contributed by atoms with E-state index in [0.29, 0.717) is 0 Å². The Morgan fingerprint density at radius 3 is 3.00 bits per heavy atom. The minimum Gasteiger partial charge on any atom is -0.488 e. The van der Waals surface area contributed by atoms with E-state index in [1.54, 1.807) is 0 Å². The summed E-state index contributed by atoms with van der Waals surface area (Å²) in [4.78, 5) is 0. The number of hydrogen-bond acceptors (Lipinski definition) is 3. The first-order valence-corrected chi connectivity index (χ1v) is 6.96. The highest BCUT2D eigenvalue weighted by atomic mass is 16.5. The predicted octanol–water partition coefficient (Wildman–Crippen LogP) is 2.58. The van der Waals surface area contributed by atoms with Gasteiger partial charge in [0.2, 0.25) is 0 Å². The largest absolute Gasteiger partial charge is 0.488 e. The molecule has 3 nitrogen and oxygen atoms in total. The normalized spacial score (nSPS) is 27.6. The number of benzene rings is 1. The molecule has 0 amide bonds. The molecule has 18 heavy (non-hydrogen) atoms. The van der Waals surface area contributed by atoms with Crippen molar-refractivity contribution < 1.29 is 9.47 Å². The Balaban J connectivity index is 1.73. The van der Waals surface area contributed by atoms with Crippen LogP contribution >= 0.6 is 0 Å². The molecular weight excluding hydrogens is 226 g/mol. The highest BCUT2D eigenvalue weighted by Gasteiger charge is 2.19. The Morgan fingerprint density at radius 2 is 2.17 bits per heavy atom. The molecule has 0 saturated carbocycles. The average molecular weight is 247 g/mol. The van der Waals surface area contributed by atoms with Crippen molar-refractivity contribution in [3.05, 3.63) is 29.3 Å². The van der Waals surface area contributed by atoms with E-state index in [9.17, 15) is 0 Å². The van der Waals surface area contributed by atoms with Gasteiger partial charge in [-0.1, -0.05) is 6.07 Å². The van der Waals surface area contributed by atoms with E-state index < -0.39 is 0 Å². The molecule has 3 rings (SSSR count). The lowest BCUT2D eigenvalue weighted by Gasteiger charge is -2.26. The maximum Gasteiger partial charge on any atom is 0.122 e. The summed E-state index contributed by atoms with van der Waals surface area (Å²) in [6, 6.07) is 6.57. The van der Waals surface area contributed by atoms with Gasteiger partial charge < -0.3 is 15.2 Å². The van der Waals surface area contributed by atoms with Crippen molar-refractivity contribution in [1.82, 2.24) is 0 Å². The molecule has 0 spiro atoms. The summed E-state index contributed by atoms with van der Waals surface area (Å²) in [6.45, 7) is 1.59. The lowest BCUT2D eigenvalue weighted by atomic mass is 9.88. The highest BCUT2D eigenvalue weighted by Crippen LogP contribution is 2.31. The van der Waals surface area contributed by atoms with Crippen molar-refractivity contribution in [2.45, 2.75) is 44.2 Å². The van der Waals surface area contributed by atoms with Crippen LogP contribution in [-0.2, 0) is 11.2 Å². The molecule has 2 unspecified atom stereocenters. The molecule has 1 aliphatic carbocycles. The van der Waals surface area contributed by atoms with Crippen LogP contribution in [0.3, 0.4) is 0 Å². The summed E-state index contributed by atoms with van der Waals surface area (Å²) < 4.78 is 11.4. The van der Waals surface area contributed by atoms with Crippen molar-refractivity contribution in [2.24, 2.45) is 5.73 Å². The van der Waals surface area contributed by atoms with Crippen LogP contribution in [0.5, 0.6) is 5.75 Å². The first-order valence-electron chi connectivity index (χ1n) is 6.96. The molecule has 1 fully saturated rings. The lowest BCUT2D eigenvalue weighted by Crippen LogP contribution is -2.28. The van der Waals surface area contributed by atoms with E-state index >= 15 is 0 Å². The van der Waals surface area contributed by atoms with Crippen molar-refractivity contribution in [1.29, 1.82) is 0 Å². The second-order valence-corrected chi connectivity index (χ2v) is 5.32. The van der Waals surface area contributed by atoms with Crippen LogP contribution < -0.4 is 10.5 Å². The third-order valence-electron chi connectivity index (χ3n) is 3.90. The van der Waals surface area contributed by atoms with Gasteiger partial charge in [0.05, 0.1) is 6.61 Å². The van der Waals surface area contributed by atoms with E-state index in [2.05, 4.69) is 18.2 Å². The third kappa shape index (κ3) is 2.52. The molecule has 1 aromatic carbocycles. The molecule has 3 heteroatoms. The van der Waals surface area contributed by atoms with Crippen LogP contribution in [0, 0.1) is 0 Å². The molecular formula is C15H21NO2. The first-order chi connectivity index (χ1) is 8.83. The van der Waals surface area contributed by atoms with Crippen LogP contribution in [0.2, 0.25) is 0 Å². The van der Waals surface area contributed by atoms with E-state index in [4.69, 9.17) is 15.2 Å². The summed E-state index contributed by atoms with van der Waals surface area (Å²) in [5.74, 6) is 0.971. The summed E-state index contributed by atoms with van der Waals surface area (Å²) in [6.07, 6.45) is 5.82. The smallest absolute Gasteiger partial charge is 0.122 e. The molecule has 2 aliphatic rings. The molecule has 98 valence electrons. The predicted molar refractivity (Wildman–Crippen MR) is 70.8 cm³/mol.